The molecule has 4 nitrogen and oxygen atoms in total. The van der Waals surface area contributed by atoms with Crippen LogP contribution in [0.1, 0.15) is 36.9 Å². The van der Waals surface area contributed by atoms with Crippen LogP contribution in [0.4, 0.5) is 0 Å². The first-order chi connectivity index (χ1) is 12.5. The number of hydrogen-bond donors (Lipinski definition) is 1. The van der Waals surface area contributed by atoms with E-state index in [1.807, 2.05) is 48.2 Å². The minimum Gasteiger partial charge on any atom is -0.494 e. The Morgan fingerprint density at radius 2 is 1.92 bits per heavy atom. The molecule has 0 aliphatic carbocycles. The van der Waals surface area contributed by atoms with Gasteiger partial charge in [-0.2, -0.15) is 0 Å². The van der Waals surface area contributed by atoms with Gasteiger partial charge in [0.15, 0.2) is 0 Å². The molecule has 0 amide bonds. The standard InChI is InChI=1S/C20H21Cl2NO3/c1-2-26-18-10-9-15(22)12-16(18)19(13-5-7-14(21)8-6-13)23-11-3-4-17(23)20(24)25/h5-10,12,17,19H,2-4,11H2,1H3,(H,24,25). The summed E-state index contributed by atoms with van der Waals surface area (Å²) >= 11 is 12.3. The van der Waals surface area contributed by atoms with Gasteiger partial charge >= 0.3 is 5.97 Å². The van der Waals surface area contributed by atoms with Gasteiger partial charge in [-0.25, -0.2) is 0 Å². The molecule has 1 N–H and O–H groups in total. The number of carboxylic acid groups (broad SMARTS) is 1. The van der Waals surface area contributed by atoms with E-state index in [0.29, 0.717) is 35.4 Å². The first kappa shape index (κ1) is 19.0. The molecular weight excluding hydrogens is 373 g/mol. The van der Waals surface area contributed by atoms with Crippen molar-refractivity contribution in [2.24, 2.45) is 0 Å². The number of likely N-dealkylation sites (tertiary alicyclic amines) is 1. The fourth-order valence-electron chi connectivity index (χ4n) is 3.58. The highest BCUT2D eigenvalue weighted by Crippen LogP contribution is 2.40. The van der Waals surface area contributed by atoms with Gasteiger partial charge in [-0.1, -0.05) is 35.3 Å². The fourth-order valence-corrected chi connectivity index (χ4v) is 3.88. The van der Waals surface area contributed by atoms with Gasteiger partial charge in [0.05, 0.1) is 12.6 Å². The maximum atomic E-state index is 11.8. The summed E-state index contributed by atoms with van der Waals surface area (Å²) in [7, 11) is 0. The zero-order valence-corrected chi connectivity index (χ0v) is 16.0. The minimum absolute atomic E-state index is 0.267. The molecule has 1 heterocycles. The highest BCUT2D eigenvalue weighted by atomic mass is 35.5. The van der Waals surface area contributed by atoms with E-state index >= 15 is 0 Å². The first-order valence-corrected chi connectivity index (χ1v) is 9.43. The molecule has 0 saturated carbocycles. The van der Waals surface area contributed by atoms with Crippen molar-refractivity contribution in [2.45, 2.75) is 31.8 Å². The molecule has 2 aromatic carbocycles. The van der Waals surface area contributed by atoms with Crippen LogP contribution in [0.25, 0.3) is 0 Å². The van der Waals surface area contributed by atoms with E-state index in [1.54, 1.807) is 6.07 Å². The van der Waals surface area contributed by atoms with Crippen LogP contribution >= 0.6 is 23.2 Å². The molecule has 1 aliphatic heterocycles. The van der Waals surface area contributed by atoms with Crippen molar-refractivity contribution in [3.63, 3.8) is 0 Å². The van der Waals surface area contributed by atoms with Crippen molar-refractivity contribution >= 4 is 29.2 Å². The fraction of sp³-hybridized carbons (Fsp3) is 0.350. The molecule has 3 rings (SSSR count). The predicted octanol–water partition coefficient (Wildman–Crippen LogP) is 5.03. The quantitative estimate of drug-likeness (QED) is 0.747. The topological polar surface area (TPSA) is 49.8 Å². The zero-order chi connectivity index (χ0) is 18.7. The third-order valence-corrected chi connectivity index (χ3v) is 5.15. The van der Waals surface area contributed by atoms with Crippen molar-refractivity contribution in [1.29, 1.82) is 0 Å². The molecule has 26 heavy (non-hydrogen) atoms. The van der Waals surface area contributed by atoms with Crippen molar-refractivity contribution in [1.82, 2.24) is 4.90 Å². The van der Waals surface area contributed by atoms with E-state index in [-0.39, 0.29) is 6.04 Å². The summed E-state index contributed by atoms with van der Waals surface area (Å²) < 4.78 is 5.81. The molecule has 2 atom stereocenters. The summed E-state index contributed by atoms with van der Waals surface area (Å²) in [6.07, 6.45) is 1.47. The summed E-state index contributed by atoms with van der Waals surface area (Å²) in [6, 6.07) is 12.2. The first-order valence-electron chi connectivity index (χ1n) is 8.67. The Morgan fingerprint density at radius 3 is 2.58 bits per heavy atom. The maximum Gasteiger partial charge on any atom is 0.320 e. The van der Waals surface area contributed by atoms with Crippen LogP contribution in [0.5, 0.6) is 5.75 Å². The molecule has 0 radical (unpaired) electrons. The molecule has 0 bridgehead atoms. The molecule has 1 saturated heterocycles. The van der Waals surface area contributed by atoms with E-state index in [4.69, 9.17) is 27.9 Å². The lowest BCUT2D eigenvalue weighted by atomic mass is 9.95. The Balaban J connectivity index is 2.13. The lowest BCUT2D eigenvalue weighted by Crippen LogP contribution is -2.39. The Hall–Kier alpha value is -1.75. The normalized spacial score (nSPS) is 18.7. The van der Waals surface area contributed by atoms with Gasteiger partial charge < -0.3 is 9.84 Å². The van der Waals surface area contributed by atoms with Crippen LogP contribution < -0.4 is 4.74 Å². The highest BCUT2D eigenvalue weighted by Gasteiger charge is 2.38. The lowest BCUT2D eigenvalue weighted by molar-refractivity contribution is -0.142. The van der Waals surface area contributed by atoms with Crippen molar-refractivity contribution in [2.75, 3.05) is 13.2 Å². The number of rotatable bonds is 6. The Morgan fingerprint density at radius 1 is 1.23 bits per heavy atom. The van der Waals surface area contributed by atoms with Gasteiger partial charge in [0.2, 0.25) is 0 Å². The van der Waals surface area contributed by atoms with Gasteiger partial charge in [-0.3, -0.25) is 9.69 Å². The third-order valence-electron chi connectivity index (χ3n) is 4.66. The van der Waals surface area contributed by atoms with Crippen molar-refractivity contribution in [3.05, 3.63) is 63.6 Å². The molecular formula is C20H21Cl2NO3. The second-order valence-electron chi connectivity index (χ2n) is 6.30. The summed E-state index contributed by atoms with van der Waals surface area (Å²) in [6.45, 7) is 3.14. The van der Waals surface area contributed by atoms with Gasteiger partial charge in [-0.05, 0) is 55.7 Å². The average molecular weight is 394 g/mol. The van der Waals surface area contributed by atoms with Crippen LogP contribution in [-0.4, -0.2) is 35.2 Å². The smallest absolute Gasteiger partial charge is 0.320 e. The number of aliphatic carboxylic acids is 1. The lowest BCUT2D eigenvalue weighted by Gasteiger charge is -2.33. The van der Waals surface area contributed by atoms with Gasteiger partial charge in [-0.15, -0.1) is 0 Å². The van der Waals surface area contributed by atoms with E-state index < -0.39 is 12.0 Å². The highest BCUT2D eigenvalue weighted by molar-refractivity contribution is 6.31. The van der Waals surface area contributed by atoms with Crippen LogP contribution in [0, 0.1) is 0 Å². The van der Waals surface area contributed by atoms with E-state index in [9.17, 15) is 9.90 Å². The van der Waals surface area contributed by atoms with Crippen molar-refractivity contribution < 1.29 is 14.6 Å². The van der Waals surface area contributed by atoms with Crippen molar-refractivity contribution in [3.8, 4) is 5.75 Å². The number of hydrogen-bond acceptors (Lipinski definition) is 3. The van der Waals surface area contributed by atoms with E-state index in [2.05, 4.69) is 0 Å². The van der Waals surface area contributed by atoms with Crippen LogP contribution in [0.2, 0.25) is 10.0 Å². The van der Waals surface area contributed by atoms with Crippen LogP contribution in [-0.2, 0) is 4.79 Å². The Bertz CT molecular complexity index is 779. The number of nitrogens with zero attached hydrogens (tertiary/aromatic N) is 1. The average Bonchev–Trinajstić information content (AvgIpc) is 3.09. The summed E-state index contributed by atoms with van der Waals surface area (Å²) in [5.41, 5.74) is 1.83. The monoisotopic (exact) mass is 393 g/mol. The molecule has 0 spiro atoms. The second kappa shape index (κ2) is 8.30. The number of carbonyl (C=O) groups is 1. The van der Waals surface area contributed by atoms with Gasteiger partial charge in [0, 0.05) is 22.2 Å². The predicted molar refractivity (Wildman–Crippen MR) is 103 cm³/mol. The summed E-state index contributed by atoms with van der Waals surface area (Å²) in [5, 5.41) is 10.9. The minimum atomic E-state index is -0.804. The zero-order valence-electron chi connectivity index (χ0n) is 14.5. The summed E-state index contributed by atoms with van der Waals surface area (Å²) in [5.74, 6) is -0.0886. The van der Waals surface area contributed by atoms with Crippen LogP contribution in [0.3, 0.4) is 0 Å². The number of halogens is 2. The second-order valence-corrected chi connectivity index (χ2v) is 7.18. The molecule has 1 fully saturated rings. The summed E-state index contributed by atoms with van der Waals surface area (Å²) in [4.78, 5) is 13.8. The van der Waals surface area contributed by atoms with E-state index in [0.717, 1.165) is 17.5 Å². The third kappa shape index (κ3) is 3.98. The molecule has 0 aromatic heterocycles. The van der Waals surface area contributed by atoms with Gasteiger partial charge in [0.25, 0.3) is 0 Å². The molecule has 138 valence electrons. The molecule has 2 aromatic rings. The molecule has 1 aliphatic rings. The molecule has 2 unspecified atom stereocenters. The number of ether oxygens (including phenoxy) is 1. The Kier molecular flexibility index (Phi) is 6.07. The number of carboxylic acids is 1. The molecule has 6 heteroatoms. The maximum absolute atomic E-state index is 11.8. The Labute approximate surface area is 163 Å². The van der Waals surface area contributed by atoms with Crippen LogP contribution in [0.15, 0.2) is 42.5 Å². The SMILES string of the molecule is CCOc1ccc(Cl)cc1C(c1ccc(Cl)cc1)N1CCCC1C(=O)O. The largest absolute Gasteiger partial charge is 0.494 e. The number of benzene rings is 2. The van der Waals surface area contributed by atoms with Gasteiger partial charge in [0.1, 0.15) is 11.8 Å². The van der Waals surface area contributed by atoms with E-state index in [1.165, 1.54) is 0 Å².